The minimum atomic E-state index is -0.595. The quantitative estimate of drug-likeness (QED) is 0.492. The lowest BCUT2D eigenvalue weighted by molar-refractivity contribution is -0.137. The van der Waals surface area contributed by atoms with Crippen LogP contribution in [0, 0.1) is 13.8 Å². The fraction of sp³-hybridized carbons (Fsp3) is 0.286. The number of hydrogen-bond donors (Lipinski definition) is 2. The number of esters is 1. The number of methoxy groups -OCH3 is 1. The van der Waals surface area contributed by atoms with Crippen molar-refractivity contribution in [1.82, 2.24) is 5.32 Å². The van der Waals surface area contributed by atoms with Crippen molar-refractivity contribution in [3.63, 3.8) is 0 Å². The number of ether oxygens (including phenoxy) is 1. The van der Waals surface area contributed by atoms with Crippen LogP contribution >= 0.6 is 0 Å². The predicted molar refractivity (Wildman–Crippen MR) is 74.1 cm³/mol. The van der Waals surface area contributed by atoms with Crippen LogP contribution in [0.5, 0.6) is 0 Å². The molecule has 0 saturated heterocycles. The maximum absolute atomic E-state index is 11.6. The third-order valence-corrected chi connectivity index (χ3v) is 2.64. The van der Waals surface area contributed by atoms with Gasteiger partial charge in [0.1, 0.15) is 5.70 Å². The molecule has 1 amide bonds. The molecule has 0 aliphatic carbocycles. The van der Waals surface area contributed by atoms with Crippen molar-refractivity contribution >= 4 is 23.6 Å². The highest BCUT2D eigenvalue weighted by atomic mass is 16.5. The summed E-state index contributed by atoms with van der Waals surface area (Å²) in [5.41, 5.74) is 9.29. The molecule has 0 aliphatic heterocycles. The van der Waals surface area contributed by atoms with E-state index in [-0.39, 0.29) is 11.6 Å². The second kappa shape index (κ2) is 6.04. The Kier molecular flexibility index (Phi) is 4.69. The molecule has 0 unspecified atom stereocenters. The SMILES string of the molecule is COC(=O)/C(=C\c1cc(C)c(N)c(C)c1)NC(C)=O. The van der Waals surface area contributed by atoms with Crippen LogP contribution in [0.1, 0.15) is 23.6 Å². The van der Waals surface area contributed by atoms with E-state index in [9.17, 15) is 9.59 Å². The van der Waals surface area contributed by atoms with Crippen molar-refractivity contribution < 1.29 is 14.3 Å². The number of hydrogen-bond acceptors (Lipinski definition) is 4. The topological polar surface area (TPSA) is 81.4 Å². The Labute approximate surface area is 112 Å². The van der Waals surface area contributed by atoms with Crippen LogP contribution in [0.4, 0.5) is 5.69 Å². The molecule has 0 fully saturated rings. The first kappa shape index (κ1) is 14.8. The molecule has 0 radical (unpaired) electrons. The van der Waals surface area contributed by atoms with Gasteiger partial charge < -0.3 is 15.8 Å². The molecule has 0 spiro atoms. The molecule has 5 heteroatoms. The molecule has 1 rings (SSSR count). The number of aryl methyl sites for hydroxylation is 2. The molecule has 0 heterocycles. The van der Waals surface area contributed by atoms with Crippen molar-refractivity contribution in [3.8, 4) is 0 Å². The first-order valence-corrected chi connectivity index (χ1v) is 5.79. The third kappa shape index (κ3) is 3.84. The first-order valence-electron chi connectivity index (χ1n) is 5.79. The molecule has 0 aliphatic rings. The van der Waals surface area contributed by atoms with Crippen molar-refractivity contribution in [2.24, 2.45) is 0 Å². The lowest BCUT2D eigenvalue weighted by Gasteiger charge is -2.09. The fourth-order valence-electron chi connectivity index (χ4n) is 1.70. The van der Waals surface area contributed by atoms with Gasteiger partial charge >= 0.3 is 5.97 Å². The van der Waals surface area contributed by atoms with Gasteiger partial charge in [0, 0.05) is 12.6 Å². The van der Waals surface area contributed by atoms with Crippen molar-refractivity contribution in [1.29, 1.82) is 0 Å². The van der Waals surface area contributed by atoms with Crippen molar-refractivity contribution in [2.75, 3.05) is 12.8 Å². The lowest BCUT2D eigenvalue weighted by atomic mass is 10.0. The smallest absolute Gasteiger partial charge is 0.354 e. The van der Waals surface area contributed by atoms with E-state index in [0.29, 0.717) is 0 Å². The first-order chi connectivity index (χ1) is 8.85. The van der Waals surface area contributed by atoms with E-state index in [2.05, 4.69) is 10.1 Å². The van der Waals surface area contributed by atoms with Gasteiger partial charge in [0.05, 0.1) is 7.11 Å². The largest absolute Gasteiger partial charge is 0.464 e. The molecular formula is C14H18N2O3. The Balaban J connectivity index is 3.21. The molecule has 0 atom stereocenters. The number of carbonyl (C=O) groups excluding carboxylic acids is 2. The third-order valence-electron chi connectivity index (χ3n) is 2.64. The van der Waals surface area contributed by atoms with Gasteiger partial charge in [-0.3, -0.25) is 4.79 Å². The molecule has 0 aromatic heterocycles. The number of rotatable bonds is 3. The summed E-state index contributed by atoms with van der Waals surface area (Å²) in [6.07, 6.45) is 1.56. The normalized spacial score (nSPS) is 11.1. The van der Waals surface area contributed by atoms with Crippen LogP contribution in [0.25, 0.3) is 6.08 Å². The van der Waals surface area contributed by atoms with Gasteiger partial charge in [-0.15, -0.1) is 0 Å². The van der Waals surface area contributed by atoms with Crippen LogP contribution in [-0.2, 0) is 14.3 Å². The summed E-state index contributed by atoms with van der Waals surface area (Å²) in [4.78, 5) is 22.6. The highest BCUT2D eigenvalue weighted by Gasteiger charge is 2.11. The highest BCUT2D eigenvalue weighted by molar-refractivity contribution is 5.97. The average molecular weight is 262 g/mol. The Morgan fingerprint density at radius 3 is 2.21 bits per heavy atom. The standard InChI is InChI=1S/C14H18N2O3/c1-8-5-11(6-9(2)13(8)15)7-12(14(18)19-4)16-10(3)17/h5-7H,15H2,1-4H3,(H,16,17)/b12-7+. The van der Waals surface area contributed by atoms with Crippen LogP contribution < -0.4 is 11.1 Å². The maximum Gasteiger partial charge on any atom is 0.354 e. The van der Waals surface area contributed by atoms with E-state index in [4.69, 9.17) is 5.73 Å². The highest BCUT2D eigenvalue weighted by Crippen LogP contribution is 2.20. The number of anilines is 1. The maximum atomic E-state index is 11.6. The van der Waals surface area contributed by atoms with E-state index in [0.717, 1.165) is 22.4 Å². The Hall–Kier alpha value is -2.30. The summed E-state index contributed by atoms with van der Waals surface area (Å²) in [5, 5.41) is 2.45. The molecule has 102 valence electrons. The summed E-state index contributed by atoms with van der Waals surface area (Å²) in [6, 6.07) is 3.68. The summed E-state index contributed by atoms with van der Waals surface area (Å²) in [5.74, 6) is -0.928. The molecule has 0 saturated carbocycles. The van der Waals surface area contributed by atoms with Gasteiger partial charge in [-0.05, 0) is 48.7 Å². The van der Waals surface area contributed by atoms with Crippen LogP contribution in [-0.4, -0.2) is 19.0 Å². The molecule has 5 nitrogen and oxygen atoms in total. The summed E-state index contributed by atoms with van der Waals surface area (Å²) < 4.78 is 4.62. The number of benzene rings is 1. The average Bonchev–Trinajstić information content (AvgIpc) is 2.33. The van der Waals surface area contributed by atoms with E-state index in [1.165, 1.54) is 14.0 Å². The molecule has 0 bridgehead atoms. The van der Waals surface area contributed by atoms with E-state index in [1.807, 2.05) is 26.0 Å². The Morgan fingerprint density at radius 1 is 1.26 bits per heavy atom. The van der Waals surface area contributed by atoms with Crippen molar-refractivity contribution in [2.45, 2.75) is 20.8 Å². The molecule has 1 aromatic rings. The number of amides is 1. The lowest BCUT2D eigenvalue weighted by Crippen LogP contribution is -2.25. The van der Waals surface area contributed by atoms with Crippen LogP contribution in [0.3, 0.4) is 0 Å². The summed E-state index contributed by atoms with van der Waals surface area (Å²) in [6.45, 7) is 5.10. The van der Waals surface area contributed by atoms with E-state index in [1.54, 1.807) is 6.08 Å². The van der Waals surface area contributed by atoms with Gasteiger partial charge in [-0.2, -0.15) is 0 Å². The van der Waals surface area contributed by atoms with Gasteiger partial charge in [-0.25, -0.2) is 4.79 Å². The second-order valence-corrected chi connectivity index (χ2v) is 4.30. The molecule has 3 N–H and O–H groups in total. The molecule has 19 heavy (non-hydrogen) atoms. The van der Waals surface area contributed by atoms with E-state index >= 15 is 0 Å². The van der Waals surface area contributed by atoms with Gasteiger partial charge in [0.25, 0.3) is 0 Å². The van der Waals surface area contributed by atoms with E-state index < -0.39 is 5.97 Å². The summed E-state index contributed by atoms with van der Waals surface area (Å²) in [7, 11) is 1.26. The number of nitrogens with two attached hydrogens (primary N) is 1. The second-order valence-electron chi connectivity index (χ2n) is 4.30. The zero-order valence-corrected chi connectivity index (χ0v) is 11.5. The molecule has 1 aromatic carbocycles. The predicted octanol–water partition coefficient (Wildman–Crippen LogP) is 1.54. The van der Waals surface area contributed by atoms with Crippen LogP contribution in [0.15, 0.2) is 17.8 Å². The van der Waals surface area contributed by atoms with Gasteiger partial charge in [0.2, 0.25) is 5.91 Å². The fourth-order valence-corrected chi connectivity index (χ4v) is 1.70. The number of carbonyl (C=O) groups is 2. The Morgan fingerprint density at radius 2 is 1.79 bits per heavy atom. The van der Waals surface area contributed by atoms with Gasteiger partial charge in [0.15, 0.2) is 0 Å². The Bertz CT molecular complexity index is 525. The zero-order chi connectivity index (χ0) is 14.6. The monoisotopic (exact) mass is 262 g/mol. The number of nitrogen functional groups attached to an aromatic ring is 1. The minimum Gasteiger partial charge on any atom is -0.464 e. The molecular weight excluding hydrogens is 244 g/mol. The van der Waals surface area contributed by atoms with Crippen LogP contribution in [0.2, 0.25) is 0 Å². The summed E-state index contributed by atoms with van der Waals surface area (Å²) >= 11 is 0. The number of nitrogens with one attached hydrogen (secondary N) is 1. The van der Waals surface area contributed by atoms with Gasteiger partial charge in [-0.1, -0.05) is 0 Å². The zero-order valence-electron chi connectivity index (χ0n) is 11.5. The van der Waals surface area contributed by atoms with Crippen molar-refractivity contribution in [3.05, 3.63) is 34.5 Å². The minimum absolute atomic E-state index is 0.0959.